The number of hydroxylamine groups is 1. The number of nitrogens with one attached hydrogen (secondary N) is 1. The number of aryl methyl sites for hydroxylation is 1. The summed E-state index contributed by atoms with van der Waals surface area (Å²) in [5.41, 5.74) is 7.64. The van der Waals surface area contributed by atoms with Gasteiger partial charge in [0, 0.05) is 8.77 Å². The first-order valence-corrected chi connectivity index (χ1v) is 9.56. The van der Waals surface area contributed by atoms with Crippen molar-refractivity contribution < 1.29 is 17.6 Å². The third-order valence-corrected chi connectivity index (χ3v) is 5.35. The molecule has 3 aromatic rings. The number of fused-ring (bicyclic) bond motifs is 1. The maximum atomic E-state index is 11.8. The van der Waals surface area contributed by atoms with Crippen LogP contribution in [0.2, 0.25) is 0 Å². The molecule has 0 radical (unpaired) electrons. The molecule has 1 aliphatic rings. The lowest BCUT2D eigenvalue weighted by atomic mass is 9.82. The first-order valence-electron chi connectivity index (χ1n) is 9.56. The Bertz CT molecular complexity index is 962. The van der Waals surface area contributed by atoms with Gasteiger partial charge in [-0.1, -0.05) is 60.7 Å². The van der Waals surface area contributed by atoms with Crippen molar-refractivity contribution in [3.63, 3.8) is 0 Å². The van der Waals surface area contributed by atoms with Gasteiger partial charge in [0.15, 0.2) is 0 Å². The highest BCUT2D eigenvalue weighted by molar-refractivity contribution is 5.78. The molecule has 0 aliphatic heterocycles. The normalized spacial score (nSPS) is 15.5. The Balaban J connectivity index is 0.00000160. The number of carbonyl (C=O) groups is 1. The van der Waals surface area contributed by atoms with E-state index in [9.17, 15) is 4.79 Å². The van der Waals surface area contributed by atoms with Crippen LogP contribution < -0.4 is 10.2 Å². The zero-order chi connectivity index (χ0) is 19.3. The van der Waals surface area contributed by atoms with Crippen molar-refractivity contribution in [1.29, 1.82) is 0 Å². The van der Waals surface area contributed by atoms with E-state index in [1.165, 1.54) is 11.1 Å². The van der Waals surface area contributed by atoms with Gasteiger partial charge in [-0.2, -0.15) is 0 Å². The van der Waals surface area contributed by atoms with Crippen molar-refractivity contribution >= 4 is 5.91 Å². The van der Waals surface area contributed by atoms with Crippen LogP contribution in [0.15, 0.2) is 72.8 Å². The average Bonchev–Trinajstić information content (AvgIpc) is 2.77. The highest BCUT2D eigenvalue weighted by Crippen LogP contribution is 2.31. The highest BCUT2D eigenvalue weighted by Gasteiger charge is 2.24. The van der Waals surface area contributed by atoms with Crippen LogP contribution in [0.25, 0.3) is 11.1 Å². The van der Waals surface area contributed by atoms with Gasteiger partial charge in [-0.05, 0) is 59.2 Å². The predicted molar refractivity (Wildman–Crippen MR) is 112 cm³/mol. The van der Waals surface area contributed by atoms with E-state index in [-0.39, 0.29) is 14.7 Å². The molecule has 4 rings (SSSR count). The molecule has 1 atom stereocenters. The monoisotopic (exact) mass is 377 g/mol. The fourth-order valence-corrected chi connectivity index (χ4v) is 3.74. The molecule has 0 bridgehead atoms. The van der Waals surface area contributed by atoms with Crippen LogP contribution in [0.3, 0.4) is 0 Å². The van der Waals surface area contributed by atoms with E-state index >= 15 is 0 Å². The lowest BCUT2D eigenvalue weighted by molar-refractivity contribution is -0.133. The number of rotatable bonds is 5. The van der Waals surface area contributed by atoms with E-state index in [0.29, 0.717) is 13.0 Å². The summed E-state index contributed by atoms with van der Waals surface area (Å²) in [5.74, 6) is 0.378. The van der Waals surface area contributed by atoms with E-state index in [1.807, 2.05) is 42.5 Å². The second-order valence-corrected chi connectivity index (χ2v) is 7.20. The van der Waals surface area contributed by atoms with Crippen molar-refractivity contribution in [2.75, 3.05) is 0 Å². The summed E-state index contributed by atoms with van der Waals surface area (Å²) in [5, 5.41) is 8.90. The molecule has 0 aromatic heterocycles. The van der Waals surface area contributed by atoms with Gasteiger partial charge in [-0.25, -0.2) is 5.48 Å². The van der Waals surface area contributed by atoms with Crippen molar-refractivity contribution in [3.05, 3.63) is 89.5 Å². The molecule has 1 amide bonds. The lowest BCUT2D eigenvalue weighted by Gasteiger charge is -2.23. The van der Waals surface area contributed by atoms with E-state index in [0.717, 1.165) is 35.3 Å². The highest BCUT2D eigenvalue weighted by atomic mass is 16.5. The zero-order valence-electron chi connectivity index (χ0n) is 15.6. The minimum atomic E-state index is -0.295. The molecular formula is C24H27NO3. The number of carbonyl (C=O) groups excluding carboxylic acids is 1. The van der Waals surface area contributed by atoms with Gasteiger partial charge in [-0.15, -0.1) is 0 Å². The maximum Gasteiger partial charge on any atom is 0.246 e. The Labute approximate surface area is 167 Å². The molecule has 28 heavy (non-hydrogen) atoms. The molecule has 0 fully saturated rings. The van der Waals surface area contributed by atoms with Crippen LogP contribution in [-0.4, -0.2) is 11.1 Å². The fourth-order valence-electron chi connectivity index (χ4n) is 3.74. The first-order chi connectivity index (χ1) is 13.7. The standard InChI is InChI=1S/C24H23NO3.2H2/c26-24(25-27)21-9-7-19-6-8-20(14-22(19)15-21)18-10-12-23(13-11-18)28-16-17-4-2-1-3-5-17;;/h1-6,8,10-14,21,27H,7,9,15-16H2,(H,25,26);2*1H. The van der Waals surface area contributed by atoms with Crippen molar-refractivity contribution in [1.82, 2.24) is 5.48 Å². The lowest BCUT2D eigenvalue weighted by Crippen LogP contribution is -2.31. The van der Waals surface area contributed by atoms with Crippen molar-refractivity contribution in [3.8, 4) is 16.9 Å². The molecule has 0 heterocycles. The summed E-state index contributed by atoms with van der Waals surface area (Å²) >= 11 is 0. The fraction of sp³-hybridized carbons (Fsp3) is 0.208. The minimum Gasteiger partial charge on any atom is -0.489 e. The summed E-state index contributed by atoms with van der Waals surface area (Å²) in [7, 11) is 0. The SMILES string of the molecule is O=C(NO)C1CCc2ccc(-c3ccc(OCc4ccccc4)cc3)cc2C1.[HH].[HH]. The van der Waals surface area contributed by atoms with Crippen LogP contribution >= 0.6 is 0 Å². The third kappa shape index (κ3) is 4.07. The van der Waals surface area contributed by atoms with Gasteiger partial charge in [-0.3, -0.25) is 10.0 Å². The average molecular weight is 377 g/mol. The molecule has 0 saturated carbocycles. The summed E-state index contributed by atoms with van der Waals surface area (Å²) in [6, 6.07) is 24.6. The topological polar surface area (TPSA) is 58.6 Å². The Morgan fingerprint density at radius 1 is 1.00 bits per heavy atom. The van der Waals surface area contributed by atoms with Gasteiger partial charge in [0.05, 0.1) is 0 Å². The number of hydrogen-bond acceptors (Lipinski definition) is 3. The van der Waals surface area contributed by atoms with E-state index in [2.05, 4.69) is 30.3 Å². The molecule has 4 nitrogen and oxygen atoms in total. The summed E-state index contributed by atoms with van der Waals surface area (Å²) in [6.45, 7) is 0.549. The second-order valence-electron chi connectivity index (χ2n) is 7.20. The van der Waals surface area contributed by atoms with Gasteiger partial charge < -0.3 is 4.74 Å². The Morgan fingerprint density at radius 3 is 2.50 bits per heavy atom. The molecular weight excluding hydrogens is 350 g/mol. The molecule has 1 unspecified atom stereocenters. The van der Waals surface area contributed by atoms with Crippen molar-refractivity contribution in [2.24, 2.45) is 5.92 Å². The molecule has 0 saturated heterocycles. The van der Waals surface area contributed by atoms with Crippen LogP contribution in [0.1, 0.15) is 26.0 Å². The molecule has 0 spiro atoms. The summed E-state index contributed by atoms with van der Waals surface area (Å²) < 4.78 is 5.86. The second kappa shape index (κ2) is 8.28. The number of hydrogen-bond donors (Lipinski definition) is 2. The molecule has 146 valence electrons. The molecule has 1 aliphatic carbocycles. The Morgan fingerprint density at radius 2 is 1.75 bits per heavy atom. The van der Waals surface area contributed by atoms with Crippen LogP contribution in [0, 0.1) is 5.92 Å². The summed E-state index contributed by atoms with van der Waals surface area (Å²) in [4.78, 5) is 11.8. The van der Waals surface area contributed by atoms with Crippen molar-refractivity contribution in [2.45, 2.75) is 25.9 Å². The summed E-state index contributed by atoms with van der Waals surface area (Å²) in [6.07, 6.45) is 2.29. The van der Waals surface area contributed by atoms with Gasteiger partial charge in [0.25, 0.3) is 0 Å². The quantitative estimate of drug-likeness (QED) is 0.484. The van der Waals surface area contributed by atoms with Crippen LogP contribution in [-0.2, 0) is 24.2 Å². The first kappa shape index (κ1) is 18.3. The maximum absolute atomic E-state index is 11.8. The van der Waals surface area contributed by atoms with Crippen LogP contribution in [0.5, 0.6) is 5.75 Å². The Hall–Kier alpha value is -3.11. The number of ether oxygens (including phenoxy) is 1. The largest absolute Gasteiger partial charge is 0.489 e. The van der Waals surface area contributed by atoms with Gasteiger partial charge in [0.2, 0.25) is 5.91 Å². The minimum absolute atomic E-state index is 0. The van der Waals surface area contributed by atoms with E-state index < -0.39 is 0 Å². The molecule has 4 heteroatoms. The van der Waals surface area contributed by atoms with E-state index in [1.54, 1.807) is 5.48 Å². The number of benzene rings is 3. The molecule has 2 N–H and O–H groups in total. The Kier molecular flexibility index (Phi) is 5.40. The number of amides is 1. The van der Waals surface area contributed by atoms with Gasteiger partial charge >= 0.3 is 0 Å². The zero-order valence-corrected chi connectivity index (χ0v) is 15.6. The van der Waals surface area contributed by atoms with E-state index in [4.69, 9.17) is 9.94 Å². The predicted octanol–water partition coefficient (Wildman–Crippen LogP) is 5.03. The van der Waals surface area contributed by atoms with Crippen LogP contribution in [0.4, 0.5) is 0 Å². The third-order valence-electron chi connectivity index (χ3n) is 5.35. The van der Waals surface area contributed by atoms with Gasteiger partial charge in [0.1, 0.15) is 12.4 Å². The smallest absolute Gasteiger partial charge is 0.246 e. The molecule has 3 aromatic carbocycles.